The SMILES string of the molecule is CC1=C(c2ccc(N)c(C#C[Si](C)(C)C)c2)C(=O)n2nc(-c3ccccc3)c(-c3ccccc3)c2C1. The molecule has 0 atom stereocenters. The molecule has 178 valence electrons. The molecular formula is C31H29N3OSi. The molecule has 0 saturated heterocycles. The van der Waals surface area contributed by atoms with E-state index in [0.717, 1.165) is 44.8 Å². The molecule has 1 aliphatic heterocycles. The summed E-state index contributed by atoms with van der Waals surface area (Å²) in [6.07, 6.45) is 0.630. The molecule has 0 aliphatic carbocycles. The second-order valence-electron chi connectivity index (χ2n) is 10.3. The molecule has 1 aliphatic rings. The Kier molecular flexibility index (Phi) is 5.99. The average Bonchev–Trinajstić information content (AvgIpc) is 3.24. The molecule has 0 radical (unpaired) electrons. The van der Waals surface area contributed by atoms with E-state index in [1.807, 2.05) is 73.7 Å². The van der Waals surface area contributed by atoms with E-state index in [0.29, 0.717) is 17.7 Å². The van der Waals surface area contributed by atoms with Crippen LogP contribution in [0.3, 0.4) is 0 Å². The second-order valence-corrected chi connectivity index (χ2v) is 15.0. The van der Waals surface area contributed by atoms with Crippen LogP contribution in [-0.2, 0) is 6.42 Å². The first kappa shape index (κ1) is 23.6. The van der Waals surface area contributed by atoms with Crippen molar-refractivity contribution in [2.24, 2.45) is 0 Å². The number of allylic oxidation sites excluding steroid dienone is 2. The Morgan fingerprint density at radius 2 is 1.53 bits per heavy atom. The van der Waals surface area contributed by atoms with Gasteiger partial charge in [-0.3, -0.25) is 4.79 Å². The highest BCUT2D eigenvalue weighted by atomic mass is 28.3. The summed E-state index contributed by atoms with van der Waals surface area (Å²) in [4.78, 5) is 14.0. The lowest BCUT2D eigenvalue weighted by Gasteiger charge is -2.20. The van der Waals surface area contributed by atoms with Crippen molar-refractivity contribution in [1.82, 2.24) is 9.78 Å². The van der Waals surface area contributed by atoms with Gasteiger partial charge in [0.05, 0.1) is 5.69 Å². The number of nitrogens with two attached hydrogens (primary N) is 1. The lowest BCUT2D eigenvalue weighted by Crippen LogP contribution is -2.23. The minimum atomic E-state index is -1.57. The van der Waals surface area contributed by atoms with Crippen LogP contribution in [0, 0.1) is 11.5 Å². The van der Waals surface area contributed by atoms with E-state index in [9.17, 15) is 4.79 Å². The van der Waals surface area contributed by atoms with Crippen LogP contribution >= 0.6 is 0 Å². The molecule has 0 bridgehead atoms. The van der Waals surface area contributed by atoms with E-state index in [-0.39, 0.29) is 5.91 Å². The van der Waals surface area contributed by atoms with E-state index in [1.165, 1.54) is 0 Å². The van der Waals surface area contributed by atoms with Crippen molar-refractivity contribution in [1.29, 1.82) is 0 Å². The van der Waals surface area contributed by atoms with Gasteiger partial charge in [0.15, 0.2) is 0 Å². The third kappa shape index (κ3) is 4.44. The molecule has 5 heteroatoms. The molecule has 5 rings (SSSR count). The molecule has 3 aromatic carbocycles. The Morgan fingerprint density at radius 3 is 2.17 bits per heavy atom. The number of benzene rings is 3. The zero-order chi connectivity index (χ0) is 25.4. The first-order valence-corrected chi connectivity index (χ1v) is 15.6. The van der Waals surface area contributed by atoms with Crippen LogP contribution in [0.4, 0.5) is 5.69 Å². The van der Waals surface area contributed by atoms with Gasteiger partial charge in [0.25, 0.3) is 5.91 Å². The van der Waals surface area contributed by atoms with E-state index in [4.69, 9.17) is 10.8 Å². The lowest BCUT2D eigenvalue weighted by atomic mass is 9.90. The van der Waals surface area contributed by atoms with Crippen molar-refractivity contribution in [2.45, 2.75) is 33.0 Å². The fraction of sp³-hybridized carbons (Fsp3) is 0.161. The number of anilines is 1. The van der Waals surface area contributed by atoms with Crippen molar-refractivity contribution in [3.05, 3.63) is 101 Å². The fourth-order valence-electron chi connectivity index (χ4n) is 4.56. The maximum atomic E-state index is 14.0. The molecule has 0 fully saturated rings. The predicted molar refractivity (Wildman–Crippen MR) is 151 cm³/mol. The van der Waals surface area contributed by atoms with Gasteiger partial charge >= 0.3 is 0 Å². The zero-order valence-electron chi connectivity index (χ0n) is 21.1. The molecule has 4 nitrogen and oxygen atoms in total. The third-order valence-corrected chi connectivity index (χ3v) is 7.15. The van der Waals surface area contributed by atoms with Crippen LogP contribution < -0.4 is 5.73 Å². The maximum Gasteiger partial charge on any atom is 0.279 e. The number of hydrogen-bond acceptors (Lipinski definition) is 3. The van der Waals surface area contributed by atoms with Gasteiger partial charge in [-0.15, -0.1) is 5.54 Å². The van der Waals surface area contributed by atoms with Crippen molar-refractivity contribution in [2.75, 3.05) is 5.73 Å². The number of aromatic nitrogens is 2. The highest BCUT2D eigenvalue weighted by Gasteiger charge is 2.31. The predicted octanol–water partition coefficient (Wildman–Crippen LogP) is 6.70. The number of fused-ring (bicyclic) bond motifs is 1. The Bertz CT molecular complexity index is 1560. The van der Waals surface area contributed by atoms with Gasteiger partial charge in [-0.05, 0) is 30.2 Å². The minimum Gasteiger partial charge on any atom is -0.398 e. The highest BCUT2D eigenvalue weighted by Crippen LogP contribution is 2.39. The first-order valence-electron chi connectivity index (χ1n) is 12.1. The summed E-state index contributed by atoms with van der Waals surface area (Å²) in [5, 5.41) is 4.88. The summed E-state index contributed by atoms with van der Waals surface area (Å²) in [5.74, 6) is 3.14. The van der Waals surface area contributed by atoms with Gasteiger partial charge in [-0.25, -0.2) is 0 Å². The molecule has 4 aromatic rings. The summed E-state index contributed by atoms with van der Waals surface area (Å²) in [7, 11) is -1.57. The highest BCUT2D eigenvalue weighted by molar-refractivity contribution is 6.83. The Balaban J connectivity index is 1.65. The normalized spacial score (nSPS) is 13.3. The average molecular weight is 488 g/mol. The van der Waals surface area contributed by atoms with Crippen LogP contribution in [-0.4, -0.2) is 23.8 Å². The maximum absolute atomic E-state index is 14.0. The van der Waals surface area contributed by atoms with Gasteiger partial charge in [-0.1, -0.05) is 97.9 Å². The summed E-state index contributed by atoms with van der Waals surface area (Å²) in [6.45, 7) is 8.63. The number of rotatable bonds is 3. The Hall–Kier alpha value is -4.14. The molecule has 0 saturated carbocycles. The van der Waals surface area contributed by atoms with Crippen molar-refractivity contribution in [3.63, 3.8) is 0 Å². The Morgan fingerprint density at radius 1 is 0.889 bits per heavy atom. The number of nitrogen functional groups attached to an aromatic ring is 1. The monoisotopic (exact) mass is 487 g/mol. The minimum absolute atomic E-state index is 0.123. The first-order chi connectivity index (χ1) is 17.2. The topological polar surface area (TPSA) is 60.9 Å². The third-order valence-electron chi connectivity index (χ3n) is 6.27. The van der Waals surface area contributed by atoms with Crippen LogP contribution in [0.1, 0.15) is 28.5 Å². The van der Waals surface area contributed by atoms with E-state index in [2.05, 4.69) is 43.2 Å². The van der Waals surface area contributed by atoms with Crippen LogP contribution in [0.5, 0.6) is 0 Å². The van der Waals surface area contributed by atoms with Gasteiger partial charge in [0, 0.05) is 34.4 Å². The molecule has 1 aromatic heterocycles. The van der Waals surface area contributed by atoms with Crippen LogP contribution in [0.15, 0.2) is 84.4 Å². The standard InChI is InChI=1S/C31H29N3OSi/c1-21-19-27-29(22-11-7-5-8-12-22)30(23-13-9-6-10-14-23)33-34(27)31(35)28(21)25-15-16-26(32)24(20-25)17-18-36(2,3)4/h5-16,20H,19,32H2,1-4H3. The van der Waals surface area contributed by atoms with Crippen molar-refractivity contribution < 1.29 is 4.79 Å². The van der Waals surface area contributed by atoms with Gasteiger partial charge in [0.2, 0.25) is 0 Å². The molecule has 0 spiro atoms. The molecule has 0 amide bonds. The fourth-order valence-corrected chi connectivity index (χ4v) is 5.07. The summed E-state index contributed by atoms with van der Waals surface area (Å²) in [6, 6.07) is 26.0. The van der Waals surface area contributed by atoms with Gasteiger partial charge < -0.3 is 5.73 Å². The number of hydrogen-bond donors (Lipinski definition) is 1. The smallest absolute Gasteiger partial charge is 0.279 e. The number of nitrogens with zero attached hydrogens (tertiary/aromatic N) is 2. The molecule has 2 heterocycles. The molecule has 2 N–H and O–H groups in total. The van der Waals surface area contributed by atoms with E-state index in [1.54, 1.807) is 4.68 Å². The lowest BCUT2D eigenvalue weighted by molar-refractivity contribution is 0.0958. The Labute approximate surface area is 213 Å². The van der Waals surface area contributed by atoms with Crippen molar-refractivity contribution in [3.8, 4) is 33.8 Å². The largest absolute Gasteiger partial charge is 0.398 e. The van der Waals surface area contributed by atoms with Crippen molar-refractivity contribution >= 4 is 25.2 Å². The summed E-state index contributed by atoms with van der Waals surface area (Å²) >= 11 is 0. The zero-order valence-corrected chi connectivity index (χ0v) is 22.1. The molecule has 0 unspecified atom stereocenters. The van der Waals surface area contributed by atoms with Gasteiger partial charge in [0.1, 0.15) is 13.8 Å². The molecular weight excluding hydrogens is 458 g/mol. The molecule has 36 heavy (non-hydrogen) atoms. The second kappa shape index (κ2) is 9.14. The quantitative estimate of drug-likeness (QED) is 0.199. The summed E-state index contributed by atoms with van der Waals surface area (Å²) < 4.78 is 1.59. The van der Waals surface area contributed by atoms with E-state index < -0.39 is 8.07 Å². The van der Waals surface area contributed by atoms with E-state index >= 15 is 0 Å². The summed E-state index contributed by atoms with van der Waals surface area (Å²) in [5.41, 5.74) is 18.3. The van der Waals surface area contributed by atoms with Gasteiger partial charge in [-0.2, -0.15) is 9.78 Å². The number of carbonyl (C=O) groups is 1. The van der Waals surface area contributed by atoms with Crippen LogP contribution in [0.2, 0.25) is 19.6 Å². The van der Waals surface area contributed by atoms with Crippen LogP contribution in [0.25, 0.3) is 28.0 Å². The number of carbonyl (C=O) groups excluding carboxylic acids is 1.